The van der Waals surface area contributed by atoms with E-state index >= 15 is 0 Å². The Hall–Kier alpha value is -2.57. The fourth-order valence-corrected chi connectivity index (χ4v) is 3.99. The second-order valence-electron chi connectivity index (χ2n) is 11.5. The number of nitrogens with one attached hydrogen (secondary N) is 2. The van der Waals surface area contributed by atoms with Crippen molar-refractivity contribution in [3.05, 3.63) is 34.9 Å². The molecule has 0 radical (unpaired) electrons. The van der Waals surface area contributed by atoms with E-state index in [-0.39, 0.29) is 23.8 Å². The summed E-state index contributed by atoms with van der Waals surface area (Å²) in [5, 5.41) is 5.70. The number of ether oxygens (including phenoxy) is 1. The molecule has 0 heterocycles. The number of rotatable bonds is 6. The molecular weight excluding hydrogens is 418 g/mol. The van der Waals surface area contributed by atoms with Crippen LogP contribution in [0.15, 0.2) is 18.2 Å². The minimum Gasteiger partial charge on any atom is -0.444 e. The van der Waals surface area contributed by atoms with Gasteiger partial charge in [0.05, 0.1) is 0 Å². The predicted octanol–water partition coefficient (Wildman–Crippen LogP) is 4.41. The first kappa shape index (κ1) is 26.7. The van der Waals surface area contributed by atoms with Gasteiger partial charge in [-0.05, 0) is 80.2 Å². The molecule has 7 nitrogen and oxygen atoms in total. The van der Waals surface area contributed by atoms with Crippen molar-refractivity contribution in [2.75, 3.05) is 0 Å². The number of alkyl carbamates (subject to hydrolysis) is 1. The molecule has 1 aromatic rings. The van der Waals surface area contributed by atoms with Crippen molar-refractivity contribution in [3.63, 3.8) is 0 Å². The third-order valence-electron chi connectivity index (χ3n) is 5.37. The number of amides is 3. The van der Waals surface area contributed by atoms with Gasteiger partial charge in [-0.3, -0.25) is 9.59 Å². The Morgan fingerprint density at radius 3 is 1.97 bits per heavy atom. The van der Waals surface area contributed by atoms with Crippen LogP contribution in [0.25, 0.3) is 0 Å². The highest BCUT2D eigenvalue weighted by Gasteiger charge is 2.48. The molecule has 4 unspecified atom stereocenters. The third-order valence-corrected chi connectivity index (χ3v) is 5.37. The fourth-order valence-electron chi connectivity index (χ4n) is 3.99. The summed E-state index contributed by atoms with van der Waals surface area (Å²) in [5.41, 5.74) is 1.68. The summed E-state index contributed by atoms with van der Waals surface area (Å²) in [5.74, 6) is -0.258. The van der Waals surface area contributed by atoms with Crippen LogP contribution in [0.3, 0.4) is 0 Å². The minimum absolute atomic E-state index is 0.0723. The van der Waals surface area contributed by atoms with Crippen LogP contribution in [0.4, 0.5) is 4.79 Å². The van der Waals surface area contributed by atoms with Gasteiger partial charge in [0.25, 0.3) is 0 Å². The van der Waals surface area contributed by atoms with E-state index < -0.39 is 29.3 Å². The molecule has 0 spiro atoms. The summed E-state index contributed by atoms with van der Waals surface area (Å²) in [4.78, 5) is 41.3. The lowest BCUT2D eigenvalue weighted by Crippen LogP contribution is -2.54. The van der Waals surface area contributed by atoms with Crippen molar-refractivity contribution >= 4 is 17.9 Å². The number of hydrogen-bond acceptors (Lipinski definition) is 4. The Bertz CT molecular complexity index is 878. The van der Waals surface area contributed by atoms with Crippen LogP contribution < -0.4 is 10.6 Å². The molecule has 1 saturated carbocycles. The van der Waals surface area contributed by atoms with Gasteiger partial charge in [-0.15, -0.1) is 0 Å². The first-order chi connectivity index (χ1) is 15.0. The highest BCUT2D eigenvalue weighted by Crippen LogP contribution is 2.41. The molecule has 7 heteroatoms. The van der Waals surface area contributed by atoms with Crippen molar-refractivity contribution in [1.29, 1.82) is 0 Å². The monoisotopic (exact) mass is 459 g/mol. The van der Waals surface area contributed by atoms with Crippen molar-refractivity contribution in [1.82, 2.24) is 15.5 Å². The van der Waals surface area contributed by atoms with Gasteiger partial charge in [0.1, 0.15) is 17.7 Å². The summed E-state index contributed by atoms with van der Waals surface area (Å²) < 4.78 is 5.33. The van der Waals surface area contributed by atoms with E-state index in [9.17, 15) is 14.4 Å². The minimum atomic E-state index is -0.844. The summed E-state index contributed by atoms with van der Waals surface area (Å²) in [6, 6.07) is 4.24. The van der Waals surface area contributed by atoms with Gasteiger partial charge in [-0.25, -0.2) is 4.79 Å². The molecule has 1 aromatic carbocycles. The van der Waals surface area contributed by atoms with E-state index in [1.54, 1.807) is 32.6 Å². The predicted molar refractivity (Wildman–Crippen MR) is 130 cm³/mol. The number of aryl methyl sites for hydroxylation is 2. The summed E-state index contributed by atoms with van der Waals surface area (Å²) in [6.45, 7) is 18.7. The van der Waals surface area contributed by atoms with Crippen molar-refractivity contribution in [2.45, 2.75) is 105 Å². The van der Waals surface area contributed by atoms with E-state index in [4.69, 9.17) is 4.74 Å². The van der Waals surface area contributed by atoms with Crippen molar-refractivity contribution < 1.29 is 19.1 Å². The van der Waals surface area contributed by atoms with Crippen molar-refractivity contribution in [2.24, 2.45) is 5.92 Å². The Labute approximate surface area is 198 Å². The third kappa shape index (κ3) is 7.76. The van der Waals surface area contributed by atoms with E-state index in [0.717, 1.165) is 23.1 Å². The van der Waals surface area contributed by atoms with Crippen LogP contribution in [0, 0.1) is 19.8 Å². The van der Waals surface area contributed by atoms with Gasteiger partial charge in [0.2, 0.25) is 11.8 Å². The highest BCUT2D eigenvalue weighted by molar-refractivity contribution is 5.92. The quantitative estimate of drug-likeness (QED) is 0.660. The van der Waals surface area contributed by atoms with Crippen LogP contribution in [0.1, 0.15) is 84.5 Å². The van der Waals surface area contributed by atoms with Gasteiger partial charge in [0.15, 0.2) is 0 Å². The van der Waals surface area contributed by atoms with Crippen LogP contribution >= 0.6 is 0 Å². The maximum atomic E-state index is 13.7. The lowest BCUT2D eigenvalue weighted by molar-refractivity contribution is -0.143. The SMILES string of the molecule is Cc1cc(C)cc(C(C(=O)NC(C)(C)C)N(C(=O)C(C)NC(=O)OC(C)(C)C)C2CC2C)c1. The number of carbonyl (C=O) groups is 3. The fraction of sp³-hybridized carbons (Fsp3) is 0.654. The lowest BCUT2D eigenvalue weighted by atomic mass is 9.97. The van der Waals surface area contributed by atoms with E-state index in [0.29, 0.717) is 0 Å². The normalized spacial score (nSPS) is 19.8. The molecule has 2 N–H and O–H groups in total. The second kappa shape index (κ2) is 9.74. The summed E-state index contributed by atoms with van der Waals surface area (Å²) in [7, 11) is 0. The molecule has 0 saturated heterocycles. The maximum Gasteiger partial charge on any atom is 0.408 e. The van der Waals surface area contributed by atoms with E-state index in [2.05, 4.69) is 17.6 Å². The first-order valence-electron chi connectivity index (χ1n) is 11.7. The van der Waals surface area contributed by atoms with E-state index in [1.165, 1.54) is 0 Å². The molecular formula is C26H41N3O4. The summed E-state index contributed by atoms with van der Waals surface area (Å²) >= 11 is 0. The number of hydrogen-bond donors (Lipinski definition) is 2. The zero-order valence-electron chi connectivity index (χ0n) is 21.8. The van der Waals surface area contributed by atoms with E-state index in [1.807, 2.05) is 52.8 Å². The second-order valence-corrected chi connectivity index (χ2v) is 11.5. The molecule has 3 amide bonds. The van der Waals surface area contributed by atoms with Gasteiger partial charge in [-0.2, -0.15) is 0 Å². The molecule has 1 fully saturated rings. The largest absolute Gasteiger partial charge is 0.444 e. The van der Waals surface area contributed by atoms with Crippen LogP contribution in [-0.4, -0.2) is 46.0 Å². The Morgan fingerprint density at radius 1 is 1.03 bits per heavy atom. The standard InChI is InChI=1S/C26H41N3O4/c1-15-11-16(2)13-19(12-15)21(22(30)28-25(5,6)7)29(20-14-17(20)3)23(31)18(4)27-24(32)33-26(8,9)10/h11-13,17-18,20-21H,14H2,1-10H3,(H,27,32)(H,28,30). The van der Waals surface area contributed by atoms with Gasteiger partial charge in [0, 0.05) is 11.6 Å². The molecule has 0 aromatic heterocycles. The molecule has 0 aliphatic heterocycles. The molecule has 0 bridgehead atoms. The van der Waals surface area contributed by atoms with Crippen molar-refractivity contribution in [3.8, 4) is 0 Å². The zero-order chi connectivity index (χ0) is 25.3. The first-order valence-corrected chi connectivity index (χ1v) is 11.7. The van der Waals surface area contributed by atoms with Gasteiger partial charge < -0.3 is 20.3 Å². The lowest BCUT2D eigenvalue weighted by Gasteiger charge is -2.36. The Balaban J connectivity index is 2.45. The Morgan fingerprint density at radius 2 is 1.55 bits per heavy atom. The number of nitrogens with zero attached hydrogens (tertiary/aromatic N) is 1. The van der Waals surface area contributed by atoms with Gasteiger partial charge in [-0.1, -0.05) is 36.2 Å². The molecule has 33 heavy (non-hydrogen) atoms. The maximum absolute atomic E-state index is 13.7. The average molecular weight is 460 g/mol. The smallest absolute Gasteiger partial charge is 0.408 e. The summed E-state index contributed by atoms with van der Waals surface area (Å²) in [6.07, 6.45) is 0.156. The molecule has 4 atom stereocenters. The average Bonchev–Trinajstić information content (AvgIpc) is 3.30. The van der Waals surface area contributed by atoms with Gasteiger partial charge >= 0.3 is 6.09 Å². The number of benzene rings is 1. The van der Waals surface area contributed by atoms with Crippen LogP contribution in [0.2, 0.25) is 0 Å². The highest BCUT2D eigenvalue weighted by atomic mass is 16.6. The van der Waals surface area contributed by atoms with Crippen LogP contribution in [0.5, 0.6) is 0 Å². The molecule has 2 rings (SSSR count). The zero-order valence-corrected chi connectivity index (χ0v) is 21.8. The molecule has 1 aliphatic rings. The molecule has 1 aliphatic carbocycles. The Kier molecular flexibility index (Phi) is 7.87. The molecule has 184 valence electrons. The number of carbonyl (C=O) groups excluding carboxylic acids is 3. The topological polar surface area (TPSA) is 87.7 Å². The van der Waals surface area contributed by atoms with Crippen LogP contribution in [-0.2, 0) is 14.3 Å².